The molecule has 0 radical (unpaired) electrons. The molecule has 1 aliphatic rings. The summed E-state index contributed by atoms with van der Waals surface area (Å²) in [6.07, 6.45) is 0.504. The lowest BCUT2D eigenvalue weighted by Gasteiger charge is -2.38. The number of ether oxygens (including phenoxy) is 1. The Labute approximate surface area is 140 Å². The van der Waals surface area contributed by atoms with Gasteiger partial charge in [-0.25, -0.2) is 0 Å². The molecular weight excluding hydrogens is 288 g/mol. The van der Waals surface area contributed by atoms with Crippen molar-refractivity contribution in [3.8, 4) is 5.75 Å². The second-order valence-corrected chi connectivity index (χ2v) is 7.55. The Balaban J connectivity index is 2.42. The van der Waals surface area contributed by atoms with Crippen LogP contribution in [-0.2, 0) is 4.79 Å². The van der Waals surface area contributed by atoms with Crippen LogP contribution in [0.15, 0.2) is 18.2 Å². The standard InChI is InChI=1S/C19H30N2O2/c1-11(2)9-15(20)14-7-8-17-16(10-14)21(13(5)6)19(22)18(23-17)12(3)4/h7-8,10-13,15,18H,9,20H2,1-6H3. The lowest BCUT2D eigenvalue weighted by Crippen LogP contribution is -2.51. The fourth-order valence-corrected chi connectivity index (χ4v) is 3.09. The number of nitrogens with two attached hydrogens (primary N) is 1. The van der Waals surface area contributed by atoms with Crippen molar-refractivity contribution in [2.75, 3.05) is 4.90 Å². The van der Waals surface area contributed by atoms with Crippen LogP contribution in [0.2, 0.25) is 0 Å². The van der Waals surface area contributed by atoms with E-state index in [-0.39, 0.29) is 23.9 Å². The lowest BCUT2D eigenvalue weighted by molar-refractivity contribution is -0.128. The van der Waals surface area contributed by atoms with Crippen molar-refractivity contribution in [1.29, 1.82) is 0 Å². The Morgan fingerprint density at radius 2 is 1.83 bits per heavy atom. The van der Waals surface area contributed by atoms with Crippen molar-refractivity contribution in [1.82, 2.24) is 0 Å². The minimum Gasteiger partial charge on any atom is -0.478 e. The van der Waals surface area contributed by atoms with Crippen LogP contribution < -0.4 is 15.4 Å². The summed E-state index contributed by atoms with van der Waals surface area (Å²) < 4.78 is 5.97. The molecule has 0 aromatic heterocycles. The summed E-state index contributed by atoms with van der Waals surface area (Å²) in [5, 5.41) is 0. The zero-order chi connectivity index (χ0) is 17.3. The third kappa shape index (κ3) is 3.69. The van der Waals surface area contributed by atoms with Crippen molar-refractivity contribution in [2.45, 2.75) is 66.2 Å². The number of carbonyl (C=O) groups is 1. The molecule has 0 bridgehead atoms. The van der Waals surface area contributed by atoms with Gasteiger partial charge >= 0.3 is 0 Å². The van der Waals surface area contributed by atoms with Crippen LogP contribution in [0.3, 0.4) is 0 Å². The highest BCUT2D eigenvalue weighted by Gasteiger charge is 2.37. The van der Waals surface area contributed by atoms with Crippen LogP contribution in [0.5, 0.6) is 5.75 Å². The predicted molar refractivity (Wildman–Crippen MR) is 94.7 cm³/mol. The Kier molecular flexibility index (Phi) is 5.35. The maximum Gasteiger partial charge on any atom is 0.268 e. The number of rotatable bonds is 5. The first kappa shape index (κ1) is 17.8. The number of nitrogens with zero attached hydrogens (tertiary/aromatic N) is 1. The molecule has 2 N–H and O–H groups in total. The normalized spacial score (nSPS) is 19.3. The molecule has 0 spiro atoms. The van der Waals surface area contributed by atoms with Crippen molar-refractivity contribution in [3.05, 3.63) is 23.8 Å². The molecule has 0 saturated carbocycles. The summed E-state index contributed by atoms with van der Waals surface area (Å²) in [4.78, 5) is 14.7. The van der Waals surface area contributed by atoms with Crippen LogP contribution >= 0.6 is 0 Å². The highest BCUT2D eigenvalue weighted by atomic mass is 16.5. The van der Waals surface area contributed by atoms with E-state index in [0.29, 0.717) is 5.92 Å². The molecule has 1 heterocycles. The molecule has 1 amide bonds. The second-order valence-electron chi connectivity index (χ2n) is 7.55. The smallest absolute Gasteiger partial charge is 0.268 e. The summed E-state index contributed by atoms with van der Waals surface area (Å²) in [7, 11) is 0. The fraction of sp³-hybridized carbons (Fsp3) is 0.632. The van der Waals surface area contributed by atoms with Crippen LogP contribution in [-0.4, -0.2) is 18.1 Å². The van der Waals surface area contributed by atoms with Gasteiger partial charge in [0, 0.05) is 12.1 Å². The molecule has 1 aromatic rings. The monoisotopic (exact) mass is 318 g/mol. The number of anilines is 1. The predicted octanol–water partition coefficient (Wildman–Crippen LogP) is 3.89. The minimum atomic E-state index is -0.417. The Bertz CT molecular complexity index is 566. The van der Waals surface area contributed by atoms with Gasteiger partial charge in [-0.05, 0) is 49.8 Å². The van der Waals surface area contributed by atoms with Gasteiger partial charge in [-0.2, -0.15) is 0 Å². The van der Waals surface area contributed by atoms with Crippen molar-refractivity contribution < 1.29 is 9.53 Å². The summed E-state index contributed by atoms with van der Waals surface area (Å²) >= 11 is 0. The van der Waals surface area contributed by atoms with Gasteiger partial charge in [0.1, 0.15) is 5.75 Å². The molecule has 0 aliphatic carbocycles. The SMILES string of the molecule is CC(C)CC(N)c1ccc2c(c1)N(C(C)C)C(=O)C(C(C)C)O2. The van der Waals surface area contributed by atoms with Gasteiger partial charge in [0.25, 0.3) is 5.91 Å². The highest BCUT2D eigenvalue weighted by Crippen LogP contribution is 2.39. The summed E-state index contributed by atoms with van der Waals surface area (Å²) in [5.41, 5.74) is 8.22. The molecule has 2 atom stereocenters. The third-order valence-electron chi connectivity index (χ3n) is 4.25. The molecule has 128 valence electrons. The third-order valence-corrected chi connectivity index (χ3v) is 4.25. The fourth-order valence-electron chi connectivity index (χ4n) is 3.09. The van der Waals surface area contributed by atoms with Gasteiger partial charge in [-0.3, -0.25) is 4.79 Å². The molecule has 4 heteroatoms. The molecule has 1 aromatic carbocycles. The summed E-state index contributed by atoms with van der Waals surface area (Å²) in [6, 6.07) is 6.08. The van der Waals surface area contributed by atoms with Gasteiger partial charge in [0.2, 0.25) is 0 Å². The molecule has 4 nitrogen and oxygen atoms in total. The summed E-state index contributed by atoms with van der Waals surface area (Å²) in [6.45, 7) is 12.4. The van der Waals surface area contributed by atoms with Crippen LogP contribution in [0.25, 0.3) is 0 Å². The Morgan fingerprint density at radius 3 is 2.35 bits per heavy atom. The van der Waals surface area contributed by atoms with E-state index in [0.717, 1.165) is 23.4 Å². The van der Waals surface area contributed by atoms with Gasteiger partial charge in [-0.1, -0.05) is 33.8 Å². The van der Waals surface area contributed by atoms with E-state index in [1.165, 1.54) is 0 Å². The molecule has 23 heavy (non-hydrogen) atoms. The molecule has 0 saturated heterocycles. The van der Waals surface area contributed by atoms with Crippen LogP contribution in [0, 0.1) is 11.8 Å². The van der Waals surface area contributed by atoms with E-state index in [4.69, 9.17) is 10.5 Å². The topological polar surface area (TPSA) is 55.6 Å². The largest absolute Gasteiger partial charge is 0.478 e. The van der Waals surface area contributed by atoms with Crippen LogP contribution in [0.4, 0.5) is 5.69 Å². The van der Waals surface area contributed by atoms with Gasteiger partial charge in [0.05, 0.1) is 5.69 Å². The van der Waals surface area contributed by atoms with Gasteiger partial charge < -0.3 is 15.4 Å². The number of amides is 1. The number of carbonyl (C=O) groups excluding carboxylic acids is 1. The average Bonchev–Trinajstić information content (AvgIpc) is 2.44. The van der Waals surface area contributed by atoms with Gasteiger partial charge in [-0.15, -0.1) is 0 Å². The molecule has 0 fully saturated rings. The average molecular weight is 318 g/mol. The summed E-state index contributed by atoms with van der Waals surface area (Å²) in [5.74, 6) is 1.49. The van der Waals surface area contributed by atoms with E-state index in [1.54, 1.807) is 0 Å². The van der Waals surface area contributed by atoms with E-state index < -0.39 is 6.10 Å². The molecule has 2 unspecified atom stereocenters. The second kappa shape index (κ2) is 6.91. The lowest BCUT2D eigenvalue weighted by atomic mass is 9.95. The van der Waals surface area contributed by atoms with E-state index in [2.05, 4.69) is 13.8 Å². The zero-order valence-electron chi connectivity index (χ0n) is 15.2. The van der Waals surface area contributed by atoms with Crippen LogP contribution in [0.1, 0.15) is 59.6 Å². The Morgan fingerprint density at radius 1 is 1.17 bits per heavy atom. The maximum absolute atomic E-state index is 12.8. The molecule has 2 rings (SSSR count). The van der Waals surface area contributed by atoms with E-state index >= 15 is 0 Å². The molecular formula is C19H30N2O2. The quantitative estimate of drug-likeness (QED) is 0.896. The number of hydrogen-bond acceptors (Lipinski definition) is 3. The Hall–Kier alpha value is -1.55. The number of hydrogen-bond donors (Lipinski definition) is 1. The first-order chi connectivity index (χ1) is 10.7. The van der Waals surface area contributed by atoms with Crippen molar-refractivity contribution in [2.24, 2.45) is 17.6 Å². The van der Waals surface area contributed by atoms with Crippen molar-refractivity contribution in [3.63, 3.8) is 0 Å². The van der Waals surface area contributed by atoms with E-state index in [1.807, 2.05) is 50.8 Å². The van der Waals surface area contributed by atoms with E-state index in [9.17, 15) is 4.79 Å². The first-order valence-electron chi connectivity index (χ1n) is 8.61. The zero-order valence-corrected chi connectivity index (χ0v) is 15.2. The van der Waals surface area contributed by atoms with Crippen molar-refractivity contribution >= 4 is 11.6 Å². The molecule has 1 aliphatic heterocycles. The maximum atomic E-state index is 12.8. The minimum absolute atomic E-state index is 0.0211. The number of benzene rings is 1. The number of fused-ring (bicyclic) bond motifs is 1. The highest BCUT2D eigenvalue weighted by molar-refractivity contribution is 6.00. The van der Waals surface area contributed by atoms with Gasteiger partial charge in [0.15, 0.2) is 6.10 Å². The first-order valence-corrected chi connectivity index (χ1v) is 8.61.